The van der Waals surface area contributed by atoms with Gasteiger partial charge in [0, 0.05) is 19.2 Å². The average Bonchev–Trinajstić information content (AvgIpc) is 1.84. The molecule has 1 aliphatic heterocycles. The van der Waals surface area contributed by atoms with E-state index in [0.29, 0.717) is 6.04 Å². The van der Waals surface area contributed by atoms with Crippen LogP contribution < -0.4 is 0 Å². The molecule has 0 aliphatic carbocycles. The molecule has 1 saturated heterocycles. The molecule has 1 rings (SSSR count). The predicted octanol–water partition coefficient (Wildman–Crippen LogP) is 1.51. The third-order valence-electron chi connectivity index (χ3n) is 2.24. The second-order valence-electron chi connectivity index (χ2n) is 3.45. The normalized spacial score (nSPS) is 23.2. The van der Waals surface area contributed by atoms with Crippen LogP contribution in [-0.2, 0) is 4.74 Å². The van der Waals surface area contributed by atoms with Crippen molar-refractivity contribution in [3.63, 3.8) is 0 Å². The van der Waals surface area contributed by atoms with Gasteiger partial charge in [0.2, 0.25) is 0 Å². The molecule has 1 aliphatic rings. The number of hydrogen-bond acceptors (Lipinski definition) is 2. The topological polar surface area (TPSA) is 12.5 Å². The number of ether oxygens (including phenoxy) is 1. The molecule has 2 heteroatoms. The van der Waals surface area contributed by atoms with Crippen molar-refractivity contribution >= 4 is 0 Å². The second kappa shape index (κ2) is 4.73. The molecule has 0 atom stereocenters. The van der Waals surface area contributed by atoms with Crippen LogP contribution in [0.5, 0.6) is 0 Å². The molecule has 66 valence electrons. The lowest BCUT2D eigenvalue weighted by molar-refractivity contribution is 0.0691. The van der Waals surface area contributed by atoms with Crippen LogP contribution in [0.2, 0.25) is 0 Å². The molecular formula is C9H19NO. The van der Waals surface area contributed by atoms with Gasteiger partial charge in [-0.25, -0.2) is 0 Å². The van der Waals surface area contributed by atoms with Crippen molar-refractivity contribution in [2.45, 2.75) is 32.7 Å². The molecule has 0 bridgehead atoms. The maximum atomic E-state index is 5.41. The van der Waals surface area contributed by atoms with Crippen LogP contribution in [-0.4, -0.2) is 37.2 Å². The monoisotopic (exact) mass is 157 g/mol. The highest BCUT2D eigenvalue weighted by molar-refractivity contribution is 4.64. The van der Waals surface area contributed by atoms with Crippen LogP contribution in [0.15, 0.2) is 0 Å². The van der Waals surface area contributed by atoms with Crippen LogP contribution in [0.25, 0.3) is 0 Å². The Morgan fingerprint density at radius 3 is 2.64 bits per heavy atom. The summed E-state index contributed by atoms with van der Waals surface area (Å²) in [5, 5.41) is 0. The Kier molecular flexibility index (Phi) is 3.87. The molecule has 1 fully saturated rings. The summed E-state index contributed by atoms with van der Waals surface area (Å²) >= 11 is 0. The van der Waals surface area contributed by atoms with E-state index in [2.05, 4.69) is 18.7 Å². The lowest BCUT2D eigenvalue weighted by Gasteiger charge is -2.27. The van der Waals surface area contributed by atoms with Gasteiger partial charge >= 0.3 is 0 Å². The molecule has 0 N–H and O–H groups in total. The fourth-order valence-corrected chi connectivity index (χ4v) is 1.43. The Morgan fingerprint density at radius 2 is 1.91 bits per heavy atom. The quantitative estimate of drug-likeness (QED) is 0.572. The molecule has 0 unspecified atom stereocenters. The molecule has 0 radical (unpaired) electrons. The molecule has 11 heavy (non-hydrogen) atoms. The predicted molar refractivity (Wildman–Crippen MR) is 46.8 cm³/mol. The highest BCUT2D eigenvalue weighted by Gasteiger charge is 2.10. The SMILES string of the molecule is CC(C)N1CCCCOCC1. The smallest absolute Gasteiger partial charge is 0.0593 e. The van der Waals surface area contributed by atoms with Gasteiger partial charge in [0.1, 0.15) is 0 Å². The third kappa shape index (κ3) is 3.21. The first-order valence-corrected chi connectivity index (χ1v) is 4.62. The summed E-state index contributed by atoms with van der Waals surface area (Å²) in [7, 11) is 0. The zero-order chi connectivity index (χ0) is 8.10. The summed E-state index contributed by atoms with van der Waals surface area (Å²) in [6, 6.07) is 0.678. The zero-order valence-electron chi connectivity index (χ0n) is 7.68. The van der Waals surface area contributed by atoms with Crippen LogP contribution in [0.3, 0.4) is 0 Å². The largest absolute Gasteiger partial charge is 0.380 e. The van der Waals surface area contributed by atoms with Gasteiger partial charge in [0.25, 0.3) is 0 Å². The van der Waals surface area contributed by atoms with Crippen LogP contribution in [0.1, 0.15) is 26.7 Å². The van der Waals surface area contributed by atoms with E-state index in [0.717, 1.165) is 19.8 Å². The van der Waals surface area contributed by atoms with E-state index in [1.807, 2.05) is 0 Å². The van der Waals surface area contributed by atoms with Crippen molar-refractivity contribution in [1.82, 2.24) is 4.90 Å². The summed E-state index contributed by atoms with van der Waals surface area (Å²) in [5.41, 5.74) is 0. The first-order valence-electron chi connectivity index (χ1n) is 4.62. The fraction of sp³-hybridized carbons (Fsp3) is 1.00. The van der Waals surface area contributed by atoms with Crippen LogP contribution >= 0.6 is 0 Å². The van der Waals surface area contributed by atoms with Gasteiger partial charge in [0.05, 0.1) is 6.61 Å². The number of rotatable bonds is 1. The number of nitrogens with zero attached hydrogens (tertiary/aromatic N) is 1. The van der Waals surface area contributed by atoms with E-state index in [9.17, 15) is 0 Å². The standard InChI is InChI=1S/C9H19NO/c1-9(2)10-5-3-4-7-11-8-6-10/h9H,3-8H2,1-2H3. The van der Waals surface area contributed by atoms with Crippen molar-refractivity contribution < 1.29 is 4.74 Å². The third-order valence-corrected chi connectivity index (χ3v) is 2.24. The minimum atomic E-state index is 0.678. The lowest BCUT2D eigenvalue weighted by atomic mass is 10.2. The molecule has 0 aromatic carbocycles. The Hall–Kier alpha value is -0.0800. The van der Waals surface area contributed by atoms with E-state index >= 15 is 0 Å². The highest BCUT2D eigenvalue weighted by atomic mass is 16.5. The Labute approximate surface area is 69.5 Å². The second-order valence-corrected chi connectivity index (χ2v) is 3.45. The molecule has 0 amide bonds. The highest BCUT2D eigenvalue weighted by Crippen LogP contribution is 2.04. The maximum absolute atomic E-state index is 5.41. The number of hydrogen-bond donors (Lipinski definition) is 0. The van der Waals surface area contributed by atoms with Gasteiger partial charge < -0.3 is 4.74 Å². The van der Waals surface area contributed by atoms with E-state index < -0.39 is 0 Å². The summed E-state index contributed by atoms with van der Waals surface area (Å²) < 4.78 is 5.41. The fourth-order valence-electron chi connectivity index (χ4n) is 1.43. The van der Waals surface area contributed by atoms with Crippen LogP contribution in [0, 0.1) is 0 Å². The Morgan fingerprint density at radius 1 is 1.09 bits per heavy atom. The van der Waals surface area contributed by atoms with Crippen LogP contribution in [0.4, 0.5) is 0 Å². The van der Waals surface area contributed by atoms with Crippen molar-refractivity contribution in [3.8, 4) is 0 Å². The van der Waals surface area contributed by atoms with E-state index in [4.69, 9.17) is 4.74 Å². The first kappa shape index (κ1) is 9.01. The molecule has 1 heterocycles. The molecular weight excluding hydrogens is 138 g/mol. The van der Waals surface area contributed by atoms with Gasteiger partial charge in [-0.3, -0.25) is 4.90 Å². The van der Waals surface area contributed by atoms with Crippen molar-refractivity contribution in [2.24, 2.45) is 0 Å². The summed E-state index contributed by atoms with van der Waals surface area (Å²) in [5.74, 6) is 0. The van der Waals surface area contributed by atoms with Gasteiger partial charge in [-0.05, 0) is 33.2 Å². The van der Waals surface area contributed by atoms with Crippen molar-refractivity contribution in [2.75, 3.05) is 26.3 Å². The maximum Gasteiger partial charge on any atom is 0.0593 e. The Bertz CT molecular complexity index is 95.7. The van der Waals surface area contributed by atoms with Gasteiger partial charge in [-0.15, -0.1) is 0 Å². The van der Waals surface area contributed by atoms with Crippen molar-refractivity contribution in [3.05, 3.63) is 0 Å². The van der Waals surface area contributed by atoms with E-state index in [1.165, 1.54) is 19.4 Å². The summed E-state index contributed by atoms with van der Waals surface area (Å²) in [4.78, 5) is 2.49. The average molecular weight is 157 g/mol. The van der Waals surface area contributed by atoms with E-state index in [-0.39, 0.29) is 0 Å². The first-order chi connectivity index (χ1) is 5.30. The van der Waals surface area contributed by atoms with Gasteiger partial charge in [0.15, 0.2) is 0 Å². The summed E-state index contributed by atoms with van der Waals surface area (Å²) in [6.07, 6.45) is 2.52. The zero-order valence-corrected chi connectivity index (χ0v) is 7.68. The molecule has 0 saturated carbocycles. The summed E-state index contributed by atoms with van der Waals surface area (Å²) in [6.45, 7) is 8.74. The lowest BCUT2D eigenvalue weighted by Crippen LogP contribution is -2.36. The molecule has 2 nitrogen and oxygen atoms in total. The minimum absolute atomic E-state index is 0.678. The van der Waals surface area contributed by atoms with Crippen molar-refractivity contribution in [1.29, 1.82) is 0 Å². The van der Waals surface area contributed by atoms with Gasteiger partial charge in [-0.2, -0.15) is 0 Å². The van der Waals surface area contributed by atoms with Gasteiger partial charge in [-0.1, -0.05) is 0 Å². The molecule has 0 aromatic heterocycles. The minimum Gasteiger partial charge on any atom is -0.380 e. The molecule has 0 aromatic rings. The molecule has 0 spiro atoms. The Balaban J connectivity index is 2.26. The van der Waals surface area contributed by atoms with E-state index in [1.54, 1.807) is 0 Å².